The van der Waals surface area contributed by atoms with Gasteiger partial charge in [0, 0.05) is 16.3 Å². The van der Waals surface area contributed by atoms with Gasteiger partial charge in [0.15, 0.2) is 0 Å². The Morgan fingerprint density at radius 2 is 1.96 bits per heavy atom. The van der Waals surface area contributed by atoms with Gasteiger partial charge in [-0.2, -0.15) is 5.26 Å². The van der Waals surface area contributed by atoms with E-state index in [2.05, 4.69) is 11.4 Å². The summed E-state index contributed by atoms with van der Waals surface area (Å²) in [6, 6.07) is 14.2. The molecule has 4 rings (SSSR count). The van der Waals surface area contributed by atoms with Crippen LogP contribution in [0.15, 0.2) is 42.5 Å². The molecule has 1 N–H and O–H groups in total. The first-order chi connectivity index (χ1) is 13.4. The third-order valence-electron chi connectivity index (χ3n) is 5.48. The first-order valence-electron chi connectivity index (χ1n) is 9.09. The number of hydrogen-bond acceptors (Lipinski definition) is 3. The molecule has 1 saturated carbocycles. The molecule has 2 aromatic carbocycles. The van der Waals surface area contributed by atoms with Crippen molar-refractivity contribution >= 4 is 23.2 Å². The zero-order valence-electron chi connectivity index (χ0n) is 15.0. The smallest absolute Gasteiger partial charge is 0.251 e. The first kappa shape index (κ1) is 18.9. The van der Waals surface area contributed by atoms with Crippen molar-refractivity contribution in [2.45, 2.75) is 24.8 Å². The first-order valence-corrected chi connectivity index (χ1v) is 9.46. The van der Waals surface area contributed by atoms with Gasteiger partial charge in [-0.15, -0.1) is 0 Å². The number of hydrogen-bond donors (Lipinski definition) is 1. The van der Waals surface area contributed by atoms with Crippen LogP contribution in [0.4, 0.5) is 14.5 Å². The van der Waals surface area contributed by atoms with E-state index in [1.807, 2.05) is 0 Å². The molecule has 0 radical (unpaired) electrons. The third kappa shape index (κ3) is 3.15. The molecular formula is C21H18ClF2N3O. The molecule has 0 spiro atoms. The number of nitriles is 1. The van der Waals surface area contributed by atoms with Crippen LogP contribution >= 0.6 is 11.6 Å². The molecule has 1 amide bonds. The van der Waals surface area contributed by atoms with Gasteiger partial charge < -0.3 is 5.32 Å². The van der Waals surface area contributed by atoms with E-state index in [0.29, 0.717) is 16.3 Å². The fourth-order valence-corrected chi connectivity index (χ4v) is 4.50. The number of nitrogens with one attached hydrogen (secondary N) is 1. The molecule has 0 aromatic heterocycles. The van der Waals surface area contributed by atoms with Crippen LogP contribution in [0.1, 0.15) is 29.5 Å². The Hall–Kier alpha value is -2.49. The second-order valence-electron chi connectivity index (χ2n) is 7.24. The number of benzene rings is 2. The Kier molecular flexibility index (Phi) is 4.82. The molecule has 1 atom stereocenters. The molecule has 1 heterocycles. The zero-order chi connectivity index (χ0) is 19.9. The Morgan fingerprint density at radius 1 is 1.25 bits per heavy atom. The standard InChI is InChI=1S/C21H18ClF2N3O/c22-16-7-8-18-17(9-16)21(15-5-6-15,14-3-1-13(10-25)2-4-14)27(11-19(23)24)12-20(28)26-18/h1-4,7-9,15,19H,5-6,11-12H2,(H,26,28)/t21-/m1/s1. The molecule has 0 bridgehead atoms. The summed E-state index contributed by atoms with van der Waals surface area (Å²) in [5, 5.41) is 12.5. The molecule has 28 heavy (non-hydrogen) atoms. The molecule has 144 valence electrons. The van der Waals surface area contributed by atoms with Crippen LogP contribution in [-0.2, 0) is 10.3 Å². The van der Waals surface area contributed by atoms with E-state index in [-0.39, 0.29) is 18.4 Å². The average molecular weight is 402 g/mol. The monoisotopic (exact) mass is 401 g/mol. The average Bonchev–Trinajstić information content (AvgIpc) is 3.50. The SMILES string of the molecule is N#Cc1ccc([C@@]2(C3CC3)c3cc(Cl)ccc3NC(=O)CN2CC(F)F)cc1. The quantitative estimate of drug-likeness (QED) is 0.826. The van der Waals surface area contributed by atoms with Gasteiger partial charge in [0.1, 0.15) is 0 Å². The lowest BCUT2D eigenvalue weighted by Gasteiger charge is -2.44. The fraction of sp³-hybridized carbons (Fsp3) is 0.333. The Bertz CT molecular complexity index is 953. The number of rotatable bonds is 4. The van der Waals surface area contributed by atoms with Crippen LogP contribution in [0.5, 0.6) is 0 Å². The lowest BCUT2D eigenvalue weighted by molar-refractivity contribution is -0.119. The Morgan fingerprint density at radius 3 is 2.57 bits per heavy atom. The number of nitrogens with zero attached hydrogens (tertiary/aromatic N) is 2. The fourth-order valence-electron chi connectivity index (χ4n) is 4.33. The van der Waals surface area contributed by atoms with Crippen molar-refractivity contribution < 1.29 is 13.6 Å². The van der Waals surface area contributed by atoms with E-state index < -0.39 is 18.5 Å². The highest BCUT2D eigenvalue weighted by atomic mass is 35.5. The van der Waals surface area contributed by atoms with Crippen molar-refractivity contribution in [1.29, 1.82) is 5.26 Å². The number of amides is 1. The summed E-state index contributed by atoms with van der Waals surface area (Å²) in [7, 11) is 0. The van der Waals surface area contributed by atoms with Crippen molar-refractivity contribution in [3.05, 3.63) is 64.2 Å². The highest BCUT2D eigenvalue weighted by Gasteiger charge is 2.54. The number of carbonyl (C=O) groups is 1. The predicted molar refractivity (Wildman–Crippen MR) is 102 cm³/mol. The van der Waals surface area contributed by atoms with E-state index in [9.17, 15) is 13.6 Å². The maximum Gasteiger partial charge on any atom is 0.251 e. The Labute approximate surface area is 166 Å². The van der Waals surface area contributed by atoms with Crippen LogP contribution in [-0.4, -0.2) is 30.3 Å². The lowest BCUT2D eigenvalue weighted by atomic mass is 9.76. The number of carbonyl (C=O) groups excluding carboxylic acids is 1. The molecule has 4 nitrogen and oxygen atoms in total. The van der Waals surface area contributed by atoms with Gasteiger partial charge in [0.2, 0.25) is 5.91 Å². The molecule has 1 aliphatic carbocycles. The minimum absolute atomic E-state index is 0.0732. The normalized spacial score (nSPS) is 22.3. The number of fused-ring (bicyclic) bond motifs is 1. The van der Waals surface area contributed by atoms with Gasteiger partial charge in [0.05, 0.1) is 30.3 Å². The van der Waals surface area contributed by atoms with E-state index in [0.717, 1.165) is 24.0 Å². The minimum atomic E-state index is -2.59. The highest BCUT2D eigenvalue weighted by molar-refractivity contribution is 6.30. The lowest BCUT2D eigenvalue weighted by Crippen LogP contribution is -2.51. The molecule has 7 heteroatoms. The van der Waals surface area contributed by atoms with Crippen LogP contribution in [0.2, 0.25) is 5.02 Å². The van der Waals surface area contributed by atoms with Crippen molar-refractivity contribution in [3.63, 3.8) is 0 Å². The van der Waals surface area contributed by atoms with Crippen LogP contribution in [0, 0.1) is 17.2 Å². The maximum atomic E-state index is 13.6. The highest BCUT2D eigenvalue weighted by Crippen LogP contribution is 2.56. The second-order valence-corrected chi connectivity index (χ2v) is 7.68. The minimum Gasteiger partial charge on any atom is -0.325 e. The van der Waals surface area contributed by atoms with Crippen molar-refractivity contribution in [2.24, 2.45) is 5.92 Å². The van der Waals surface area contributed by atoms with Gasteiger partial charge in [-0.1, -0.05) is 23.7 Å². The maximum absolute atomic E-state index is 13.6. The summed E-state index contributed by atoms with van der Waals surface area (Å²) in [4.78, 5) is 14.1. The van der Waals surface area contributed by atoms with Crippen LogP contribution in [0.25, 0.3) is 0 Å². The molecule has 2 aromatic rings. The zero-order valence-corrected chi connectivity index (χ0v) is 15.7. The van der Waals surface area contributed by atoms with Crippen LogP contribution in [0.3, 0.4) is 0 Å². The van der Waals surface area contributed by atoms with Gasteiger partial charge >= 0.3 is 0 Å². The predicted octanol–water partition coefficient (Wildman–Crippen LogP) is 4.38. The molecule has 1 aliphatic heterocycles. The van der Waals surface area contributed by atoms with Gasteiger partial charge in [-0.25, -0.2) is 8.78 Å². The van der Waals surface area contributed by atoms with Gasteiger partial charge in [-0.05, 0) is 54.7 Å². The van der Waals surface area contributed by atoms with Crippen molar-refractivity contribution in [2.75, 3.05) is 18.4 Å². The Balaban J connectivity index is 2.01. The topological polar surface area (TPSA) is 56.1 Å². The number of anilines is 1. The molecule has 2 aliphatic rings. The number of alkyl halides is 2. The summed E-state index contributed by atoms with van der Waals surface area (Å²) in [6.07, 6.45) is -0.871. The summed E-state index contributed by atoms with van der Waals surface area (Å²) in [5.74, 6) is -0.260. The summed E-state index contributed by atoms with van der Waals surface area (Å²) >= 11 is 6.28. The summed E-state index contributed by atoms with van der Waals surface area (Å²) in [6.45, 7) is -0.678. The van der Waals surface area contributed by atoms with Gasteiger partial charge in [-0.3, -0.25) is 9.69 Å². The van der Waals surface area contributed by atoms with E-state index in [4.69, 9.17) is 16.9 Å². The van der Waals surface area contributed by atoms with Crippen LogP contribution < -0.4 is 5.32 Å². The van der Waals surface area contributed by atoms with Crippen molar-refractivity contribution in [1.82, 2.24) is 4.90 Å². The third-order valence-corrected chi connectivity index (χ3v) is 5.72. The summed E-state index contributed by atoms with van der Waals surface area (Å²) in [5.41, 5.74) is 1.67. The largest absolute Gasteiger partial charge is 0.325 e. The van der Waals surface area contributed by atoms with Gasteiger partial charge in [0.25, 0.3) is 6.43 Å². The van der Waals surface area contributed by atoms with E-state index in [1.54, 1.807) is 47.4 Å². The molecule has 1 fully saturated rings. The number of halogens is 3. The van der Waals surface area contributed by atoms with E-state index >= 15 is 0 Å². The van der Waals surface area contributed by atoms with E-state index in [1.165, 1.54) is 0 Å². The van der Waals surface area contributed by atoms with Crippen molar-refractivity contribution in [3.8, 4) is 6.07 Å². The molecular weight excluding hydrogens is 384 g/mol. The second kappa shape index (κ2) is 7.16. The summed E-state index contributed by atoms with van der Waals surface area (Å²) < 4.78 is 27.1. The molecule has 0 unspecified atom stereocenters. The molecule has 0 saturated heterocycles.